The van der Waals surface area contributed by atoms with Gasteiger partial charge in [-0.1, -0.05) is 11.8 Å². The van der Waals surface area contributed by atoms with Crippen LogP contribution in [0.25, 0.3) is 0 Å². The first-order valence-electron chi connectivity index (χ1n) is 7.96. The van der Waals surface area contributed by atoms with Gasteiger partial charge in [0.05, 0.1) is 7.11 Å². The second-order valence-electron chi connectivity index (χ2n) is 5.82. The fourth-order valence-electron chi connectivity index (χ4n) is 2.52. The van der Waals surface area contributed by atoms with Crippen molar-refractivity contribution >= 4 is 21.8 Å². The zero-order valence-electron chi connectivity index (χ0n) is 14.3. The van der Waals surface area contributed by atoms with E-state index in [2.05, 4.69) is 9.88 Å². The number of likely N-dealkylation sites (N-methyl/N-ethyl adjacent to an activating group) is 1. The van der Waals surface area contributed by atoms with E-state index in [1.165, 1.54) is 22.3 Å². The Balaban J connectivity index is 1.70. The van der Waals surface area contributed by atoms with E-state index in [0.717, 1.165) is 28.8 Å². The molecule has 3 rings (SSSR count). The Morgan fingerprint density at radius 1 is 1.04 bits per heavy atom. The molecule has 0 bridgehead atoms. The maximum Gasteiger partial charge on any atom is 0.244 e. The van der Waals surface area contributed by atoms with E-state index >= 15 is 0 Å². The zero-order chi connectivity index (χ0) is 17.9. The smallest absolute Gasteiger partial charge is 0.244 e. The predicted octanol–water partition coefficient (Wildman–Crippen LogP) is 2.18. The number of piperazine rings is 1. The summed E-state index contributed by atoms with van der Waals surface area (Å²) in [6.45, 7) is 2.53. The summed E-state index contributed by atoms with van der Waals surface area (Å²) < 4.78 is 32.0. The fraction of sp³-hybridized carbons (Fsp3) is 0.353. The van der Waals surface area contributed by atoms with Gasteiger partial charge in [0.1, 0.15) is 15.7 Å². The molecule has 1 aliphatic heterocycles. The van der Waals surface area contributed by atoms with Crippen LogP contribution in [0.5, 0.6) is 5.75 Å². The number of sulfonamides is 1. The van der Waals surface area contributed by atoms with Gasteiger partial charge in [-0.2, -0.15) is 4.31 Å². The minimum atomic E-state index is -3.47. The summed E-state index contributed by atoms with van der Waals surface area (Å²) in [7, 11) is 0.159. The van der Waals surface area contributed by atoms with Crippen LogP contribution in [0.4, 0.5) is 0 Å². The Morgan fingerprint density at radius 2 is 1.72 bits per heavy atom. The molecule has 2 aromatic rings. The Bertz CT molecular complexity index is 800. The van der Waals surface area contributed by atoms with Crippen molar-refractivity contribution in [3.05, 3.63) is 42.6 Å². The summed E-state index contributed by atoms with van der Waals surface area (Å²) in [5.74, 6) is 0.797. The molecule has 0 radical (unpaired) electrons. The standard InChI is InChI=1S/C17H21N3O3S2/c1-19-9-11-20(12-10-19)25(21,22)16-7-8-17(18-13-16)24-15-5-3-14(23-2)4-6-15/h3-8,13H,9-12H2,1-2H3. The largest absolute Gasteiger partial charge is 0.497 e. The highest BCUT2D eigenvalue weighted by atomic mass is 32.2. The van der Waals surface area contributed by atoms with E-state index in [1.807, 2.05) is 31.3 Å². The maximum atomic E-state index is 12.7. The molecule has 6 nitrogen and oxygen atoms in total. The number of benzene rings is 1. The van der Waals surface area contributed by atoms with Crippen LogP contribution in [0.2, 0.25) is 0 Å². The van der Waals surface area contributed by atoms with Gasteiger partial charge in [0.25, 0.3) is 0 Å². The Hall–Kier alpha value is -1.61. The predicted molar refractivity (Wildman–Crippen MR) is 97.6 cm³/mol. The van der Waals surface area contributed by atoms with Crippen molar-refractivity contribution in [2.24, 2.45) is 0 Å². The third-order valence-electron chi connectivity index (χ3n) is 4.09. The van der Waals surface area contributed by atoms with E-state index < -0.39 is 10.0 Å². The molecule has 1 aromatic carbocycles. The molecule has 0 atom stereocenters. The molecular weight excluding hydrogens is 358 g/mol. The number of methoxy groups -OCH3 is 1. The van der Waals surface area contributed by atoms with Crippen molar-refractivity contribution < 1.29 is 13.2 Å². The molecule has 1 aliphatic rings. The van der Waals surface area contributed by atoms with Gasteiger partial charge in [0, 0.05) is 37.3 Å². The van der Waals surface area contributed by atoms with Crippen LogP contribution in [0.3, 0.4) is 0 Å². The molecule has 25 heavy (non-hydrogen) atoms. The number of aromatic nitrogens is 1. The molecule has 0 unspecified atom stereocenters. The van der Waals surface area contributed by atoms with Gasteiger partial charge in [-0.3, -0.25) is 0 Å². The average molecular weight is 380 g/mol. The summed E-state index contributed by atoms with van der Waals surface area (Å²) in [5, 5.41) is 0.752. The highest BCUT2D eigenvalue weighted by Crippen LogP contribution is 2.28. The molecule has 0 amide bonds. The van der Waals surface area contributed by atoms with Crippen molar-refractivity contribution in [1.29, 1.82) is 0 Å². The third kappa shape index (κ3) is 4.33. The molecule has 0 saturated carbocycles. The van der Waals surface area contributed by atoms with Gasteiger partial charge in [0.2, 0.25) is 10.0 Å². The Labute approximate surface area is 152 Å². The summed E-state index contributed by atoms with van der Waals surface area (Å²) in [5.41, 5.74) is 0. The highest BCUT2D eigenvalue weighted by Gasteiger charge is 2.27. The molecule has 1 saturated heterocycles. The summed E-state index contributed by atoms with van der Waals surface area (Å²) in [6, 6.07) is 11.0. The monoisotopic (exact) mass is 379 g/mol. The van der Waals surface area contributed by atoms with Gasteiger partial charge in [-0.25, -0.2) is 13.4 Å². The van der Waals surface area contributed by atoms with Crippen LogP contribution in [0.1, 0.15) is 0 Å². The van der Waals surface area contributed by atoms with Crippen molar-refractivity contribution in [3.8, 4) is 5.75 Å². The van der Waals surface area contributed by atoms with Crippen LogP contribution < -0.4 is 4.74 Å². The third-order valence-corrected chi connectivity index (χ3v) is 6.93. The summed E-state index contributed by atoms with van der Waals surface area (Å²) in [4.78, 5) is 7.70. The van der Waals surface area contributed by atoms with E-state index in [0.29, 0.717) is 13.1 Å². The lowest BCUT2D eigenvalue weighted by Crippen LogP contribution is -2.47. The zero-order valence-corrected chi connectivity index (χ0v) is 15.9. The number of rotatable bonds is 5. The quantitative estimate of drug-likeness (QED) is 0.793. The van der Waals surface area contributed by atoms with Gasteiger partial charge < -0.3 is 9.64 Å². The van der Waals surface area contributed by atoms with Gasteiger partial charge in [-0.05, 0) is 43.4 Å². The number of ether oxygens (including phenoxy) is 1. The second kappa shape index (κ2) is 7.74. The molecule has 1 aromatic heterocycles. The Kier molecular flexibility index (Phi) is 5.63. The van der Waals surface area contributed by atoms with Crippen LogP contribution in [0, 0.1) is 0 Å². The van der Waals surface area contributed by atoms with Crippen LogP contribution >= 0.6 is 11.8 Å². The minimum Gasteiger partial charge on any atom is -0.497 e. The fourth-order valence-corrected chi connectivity index (χ4v) is 4.64. The SMILES string of the molecule is COc1ccc(Sc2ccc(S(=O)(=O)N3CCN(C)CC3)cn2)cc1. The lowest BCUT2D eigenvalue weighted by molar-refractivity contribution is 0.222. The van der Waals surface area contributed by atoms with Gasteiger partial charge in [-0.15, -0.1) is 0 Å². The molecule has 134 valence electrons. The number of nitrogens with zero attached hydrogens (tertiary/aromatic N) is 3. The van der Waals surface area contributed by atoms with Gasteiger partial charge in [0.15, 0.2) is 0 Å². The first kappa shape index (κ1) is 18.2. The van der Waals surface area contributed by atoms with Crippen molar-refractivity contribution in [3.63, 3.8) is 0 Å². The van der Waals surface area contributed by atoms with Crippen molar-refractivity contribution in [2.75, 3.05) is 40.3 Å². The Morgan fingerprint density at radius 3 is 2.28 bits per heavy atom. The van der Waals surface area contributed by atoms with E-state index in [1.54, 1.807) is 19.2 Å². The number of hydrogen-bond donors (Lipinski definition) is 0. The molecule has 0 spiro atoms. The van der Waals surface area contributed by atoms with E-state index in [4.69, 9.17) is 4.74 Å². The molecule has 1 fully saturated rings. The van der Waals surface area contributed by atoms with E-state index in [-0.39, 0.29) is 4.90 Å². The number of hydrogen-bond acceptors (Lipinski definition) is 6. The van der Waals surface area contributed by atoms with Crippen LogP contribution in [-0.4, -0.2) is 62.9 Å². The molecular formula is C17H21N3O3S2. The van der Waals surface area contributed by atoms with Crippen LogP contribution in [0.15, 0.2) is 57.4 Å². The highest BCUT2D eigenvalue weighted by molar-refractivity contribution is 7.99. The molecule has 0 N–H and O–H groups in total. The topological polar surface area (TPSA) is 62.7 Å². The first-order chi connectivity index (χ1) is 12.0. The summed E-state index contributed by atoms with van der Waals surface area (Å²) in [6.07, 6.45) is 1.44. The summed E-state index contributed by atoms with van der Waals surface area (Å²) >= 11 is 1.48. The van der Waals surface area contributed by atoms with Crippen LogP contribution in [-0.2, 0) is 10.0 Å². The maximum absolute atomic E-state index is 12.7. The lowest BCUT2D eigenvalue weighted by Gasteiger charge is -2.31. The first-order valence-corrected chi connectivity index (χ1v) is 10.2. The molecule has 8 heteroatoms. The molecule has 2 heterocycles. The second-order valence-corrected chi connectivity index (χ2v) is 8.85. The van der Waals surface area contributed by atoms with E-state index in [9.17, 15) is 8.42 Å². The van der Waals surface area contributed by atoms with Crippen molar-refractivity contribution in [2.45, 2.75) is 14.8 Å². The lowest BCUT2D eigenvalue weighted by atomic mass is 10.3. The van der Waals surface area contributed by atoms with Crippen molar-refractivity contribution in [1.82, 2.24) is 14.2 Å². The van der Waals surface area contributed by atoms with Gasteiger partial charge >= 0.3 is 0 Å². The normalized spacial score (nSPS) is 16.7. The molecule has 0 aliphatic carbocycles. The minimum absolute atomic E-state index is 0.246. The average Bonchev–Trinajstić information content (AvgIpc) is 2.63. The number of pyridine rings is 1.